The van der Waals surface area contributed by atoms with Crippen LogP contribution in [0.15, 0.2) is 40.8 Å². The Balaban J connectivity index is 2.02. The van der Waals surface area contributed by atoms with E-state index in [1.165, 1.54) is 0 Å². The Labute approximate surface area is 125 Å². The zero-order chi connectivity index (χ0) is 15.2. The van der Waals surface area contributed by atoms with Gasteiger partial charge in [-0.05, 0) is 31.0 Å². The molecule has 0 bridgehead atoms. The van der Waals surface area contributed by atoms with Crippen LogP contribution >= 0.6 is 0 Å². The summed E-state index contributed by atoms with van der Waals surface area (Å²) in [6, 6.07) is 11.7. The molecule has 1 heterocycles. The molecular weight excluding hydrogens is 266 g/mol. The van der Waals surface area contributed by atoms with Crippen molar-refractivity contribution in [2.24, 2.45) is 0 Å². The predicted octanol–water partition coefficient (Wildman–Crippen LogP) is 2.86. The van der Waals surface area contributed by atoms with Gasteiger partial charge in [-0.25, -0.2) is 0 Å². The molecule has 0 aliphatic rings. The van der Waals surface area contributed by atoms with Gasteiger partial charge in [0, 0.05) is 11.6 Å². The van der Waals surface area contributed by atoms with E-state index in [2.05, 4.69) is 5.32 Å². The lowest BCUT2D eigenvalue weighted by molar-refractivity contribution is 0.199. The summed E-state index contributed by atoms with van der Waals surface area (Å²) in [5.41, 5.74) is 1.88. The van der Waals surface area contributed by atoms with E-state index in [-0.39, 0.29) is 12.6 Å². The molecule has 0 aliphatic carbocycles. The predicted molar refractivity (Wildman–Crippen MR) is 82.8 cm³/mol. The molecule has 0 spiro atoms. The van der Waals surface area contributed by atoms with Crippen molar-refractivity contribution < 1.29 is 14.6 Å². The highest BCUT2D eigenvalue weighted by molar-refractivity contribution is 5.58. The maximum Gasteiger partial charge on any atom is 0.134 e. The molecule has 0 aliphatic heterocycles. The molecule has 0 amide bonds. The average Bonchev–Trinajstić information content (AvgIpc) is 2.97. The summed E-state index contributed by atoms with van der Waals surface area (Å²) in [6.45, 7) is 4.51. The Morgan fingerprint density at radius 1 is 1.14 bits per heavy atom. The number of furan rings is 1. The number of aliphatic hydroxyl groups is 2. The molecule has 1 aromatic carbocycles. The summed E-state index contributed by atoms with van der Waals surface area (Å²) in [6.07, 6.45) is 0.421. The molecular formula is C17H23NO3. The first-order valence-electron chi connectivity index (χ1n) is 7.35. The van der Waals surface area contributed by atoms with Gasteiger partial charge < -0.3 is 19.9 Å². The van der Waals surface area contributed by atoms with E-state index >= 15 is 0 Å². The summed E-state index contributed by atoms with van der Waals surface area (Å²) in [4.78, 5) is 0. The second-order valence-corrected chi connectivity index (χ2v) is 5.23. The largest absolute Gasteiger partial charge is 0.460 e. The van der Waals surface area contributed by atoms with Gasteiger partial charge in [-0.2, -0.15) is 0 Å². The van der Waals surface area contributed by atoms with Crippen molar-refractivity contribution in [2.75, 3.05) is 6.61 Å². The summed E-state index contributed by atoms with van der Waals surface area (Å²) >= 11 is 0. The fraction of sp³-hybridized carbons (Fsp3) is 0.412. The Kier molecular flexibility index (Phi) is 5.56. The third kappa shape index (κ3) is 4.17. The van der Waals surface area contributed by atoms with Crippen molar-refractivity contribution in [2.45, 2.75) is 39.0 Å². The van der Waals surface area contributed by atoms with Gasteiger partial charge in [0.25, 0.3) is 0 Å². The van der Waals surface area contributed by atoms with Crippen LogP contribution in [0.5, 0.6) is 0 Å². The van der Waals surface area contributed by atoms with Crippen LogP contribution in [0.2, 0.25) is 0 Å². The van der Waals surface area contributed by atoms with Gasteiger partial charge in [-0.3, -0.25) is 0 Å². The topological polar surface area (TPSA) is 65.6 Å². The van der Waals surface area contributed by atoms with Crippen LogP contribution in [0.25, 0.3) is 11.3 Å². The van der Waals surface area contributed by atoms with Gasteiger partial charge >= 0.3 is 0 Å². The van der Waals surface area contributed by atoms with E-state index in [9.17, 15) is 5.11 Å². The minimum Gasteiger partial charge on any atom is -0.460 e. The fourth-order valence-electron chi connectivity index (χ4n) is 2.14. The Bertz CT molecular complexity index is 541. The van der Waals surface area contributed by atoms with E-state index < -0.39 is 6.10 Å². The number of nitrogens with one attached hydrogen (secondary N) is 1. The van der Waals surface area contributed by atoms with Crippen LogP contribution in [0.3, 0.4) is 0 Å². The smallest absolute Gasteiger partial charge is 0.134 e. The molecule has 114 valence electrons. The summed E-state index contributed by atoms with van der Waals surface area (Å²) < 4.78 is 5.80. The van der Waals surface area contributed by atoms with Crippen molar-refractivity contribution in [1.29, 1.82) is 0 Å². The lowest BCUT2D eigenvalue weighted by Gasteiger charge is -2.12. The Morgan fingerprint density at radius 2 is 1.86 bits per heavy atom. The molecule has 21 heavy (non-hydrogen) atoms. The van der Waals surface area contributed by atoms with Crippen LogP contribution < -0.4 is 5.32 Å². The molecule has 1 aromatic heterocycles. The van der Waals surface area contributed by atoms with Gasteiger partial charge in [-0.15, -0.1) is 0 Å². The van der Waals surface area contributed by atoms with Crippen molar-refractivity contribution in [1.82, 2.24) is 5.32 Å². The molecule has 4 nitrogen and oxygen atoms in total. The molecule has 2 atom stereocenters. The van der Waals surface area contributed by atoms with Gasteiger partial charge in [0.2, 0.25) is 0 Å². The first kappa shape index (κ1) is 15.8. The minimum atomic E-state index is -0.458. The van der Waals surface area contributed by atoms with Gasteiger partial charge in [0.15, 0.2) is 0 Å². The highest BCUT2D eigenvalue weighted by Gasteiger charge is 2.08. The highest BCUT2D eigenvalue weighted by atomic mass is 16.3. The first-order chi connectivity index (χ1) is 10.1. The van der Waals surface area contributed by atoms with E-state index in [0.717, 1.165) is 29.1 Å². The Hall–Kier alpha value is -1.62. The molecule has 0 radical (unpaired) electrons. The van der Waals surface area contributed by atoms with E-state index in [0.29, 0.717) is 6.54 Å². The molecule has 0 saturated carbocycles. The molecule has 4 heteroatoms. The van der Waals surface area contributed by atoms with E-state index in [1.54, 1.807) is 6.92 Å². The number of hydrogen-bond acceptors (Lipinski definition) is 4. The number of rotatable bonds is 7. The minimum absolute atomic E-state index is 0.101. The van der Waals surface area contributed by atoms with Crippen LogP contribution in [-0.4, -0.2) is 22.9 Å². The SMILES string of the molecule is CC[C@@H](CO)NCc1ccc(-c2ccc([C@@H](C)O)cc2)o1. The maximum absolute atomic E-state index is 9.51. The van der Waals surface area contributed by atoms with Crippen molar-refractivity contribution in [3.63, 3.8) is 0 Å². The molecule has 0 saturated heterocycles. The van der Waals surface area contributed by atoms with E-state index in [1.807, 2.05) is 43.3 Å². The monoisotopic (exact) mass is 289 g/mol. The standard InChI is InChI=1S/C17H23NO3/c1-3-15(11-19)18-10-16-8-9-17(21-16)14-6-4-13(5-7-14)12(2)20/h4-9,12,15,18-20H,3,10-11H2,1-2H3/t12-,15+/m1/s1. The third-order valence-electron chi connectivity index (χ3n) is 3.62. The highest BCUT2D eigenvalue weighted by Crippen LogP contribution is 2.24. The molecule has 2 rings (SSSR count). The third-order valence-corrected chi connectivity index (χ3v) is 3.62. The lowest BCUT2D eigenvalue weighted by Crippen LogP contribution is -2.30. The number of aliphatic hydroxyl groups excluding tert-OH is 2. The molecule has 2 aromatic rings. The van der Waals surface area contributed by atoms with Crippen molar-refractivity contribution in [3.8, 4) is 11.3 Å². The van der Waals surface area contributed by atoms with Crippen molar-refractivity contribution >= 4 is 0 Å². The molecule has 0 fully saturated rings. The fourth-order valence-corrected chi connectivity index (χ4v) is 2.14. The first-order valence-corrected chi connectivity index (χ1v) is 7.35. The summed E-state index contributed by atoms with van der Waals surface area (Å²) in [7, 11) is 0. The zero-order valence-electron chi connectivity index (χ0n) is 12.5. The van der Waals surface area contributed by atoms with Crippen LogP contribution in [0.1, 0.15) is 37.7 Å². The average molecular weight is 289 g/mol. The number of hydrogen-bond donors (Lipinski definition) is 3. The van der Waals surface area contributed by atoms with Crippen LogP contribution in [0, 0.1) is 0 Å². The molecule has 3 N–H and O–H groups in total. The molecule has 0 unspecified atom stereocenters. The second-order valence-electron chi connectivity index (χ2n) is 5.23. The van der Waals surface area contributed by atoms with Gasteiger partial charge in [0.1, 0.15) is 11.5 Å². The van der Waals surface area contributed by atoms with Gasteiger partial charge in [0.05, 0.1) is 19.3 Å². The Morgan fingerprint density at radius 3 is 2.43 bits per heavy atom. The second kappa shape index (κ2) is 7.41. The summed E-state index contributed by atoms with van der Waals surface area (Å²) in [5, 5.41) is 21.9. The normalized spacial score (nSPS) is 14.1. The quantitative estimate of drug-likeness (QED) is 0.733. The maximum atomic E-state index is 9.51. The number of benzene rings is 1. The van der Waals surface area contributed by atoms with Crippen molar-refractivity contribution in [3.05, 3.63) is 47.7 Å². The zero-order valence-corrected chi connectivity index (χ0v) is 12.5. The van der Waals surface area contributed by atoms with Crippen LogP contribution in [0.4, 0.5) is 0 Å². The van der Waals surface area contributed by atoms with Crippen LogP contribution in [-0.2, 0) is 6.54 Å². The van der Waals surface area contributed by atoms with Gasteiger partial charge in [-0.1, -0.05) is 31.2 Å². The lowest BCUT2D eigenvalue weighted by atomic mass is 10.1. The summed E-state index contributed by atoms with van der Waals surface area (Å²) in [5.74, 6) is 1.65. The van der Waals surface area contributed by atoms with E-state index in [4.69, 9.17) is 9.52 Å².